The van der Waals surface area contributed by atoms with Gasteiger partial charge in [0, 0.05) is 0 Å². The van der Waals surface area contributed by atoms with Gasteiger partial charge in [0.25, 0.3) is 0 Å². The molecule has 0 spiro atoms. The Labute approximate surface area is 147 Å². The van der Waals surface area contributed by atoms with Crippen LogP contribution >= 0.6 is 0 Å². The Morgan fingerprint density at radius 2 is 1.74 bits per heavy atom. The number of fused-ring (bicyclic) bond motifs is 1. The Morgan fingerprint density at radius 3 is 2.22 bits per heavy atom. The van der Waals surface area contributed by atoms with Gasteiger partial charge in [-0.15, -0.1) is 0 Å². The van der Waals surface area contributed by atoms with Crippen LogP contribution in [0.2, 0.25) is 0 Å². The summed E-state index contributed by atoms with van der Waals surface area (Å²) in [7, 11) is 0. The molecule has 2 saturated carbocycles. The summed E-state index contributed by atoms with van der Waals surface area (Å²) in [5.74, 6) is 4.28. The molecule has 0 nitrogen and oxygen atoms in total. The van der Waals surface area contributed by atoms with Crippen LogP contribution in [0.1, 0.15) is 86.0 Å². The molecule has 134 valence electrons. The van der Waals surface area contributed by atoms with E-state index in [0.29, 0.717) is 0 Å². The summed E-state index contributed by atoms with van der Waals surface area (Å²) in [4.78, 5) is 0. The van der Waals surface area contributed by atoms with Gasteiger partial charge in [-0.1, -0.05) is 89.8 Å². The van der Waals surface area contributed by atoms with Gasteiger partial charge in [-0.25, -0.2) is 0 Å². The SMILES string of the molecule is C/C=C\CCC.C=C/C=C/C.CC1CCC2C(CCC[C@@H]2C)C1. The van der Waals surface area contributed by atoms with Gasteiger partial charge in [-0.3, -0.25) is 0 Å². The fourth-order valence-corrected chi connectivity index (χ4v) is 3.99. The molecule has 2 aliphatic rings. The molecule has 4 atom stereocenters. The summed E-state index contributed by atoms with van der Waals surface area (Å²) in [6.45, 7) is 14.6. The molecule has 0 aromatic carbocycles. The first-order chi connectivity index (χ1) is 11.1. The molecule has 0 aliphatic heterocycles. The second-order valence-corrected chi connectivity index (χ2v) is 7.37. The molecule has 0 aromatic heterocycles. The number of hydrogen-bond acceptors (Lipinski definition) is 0. The van der Waals surface area contributed by atoms with E-state index in [4.69, 9.17) is 0 Å². The maximum Gasteiger partial charge on any atom is -0.0353 e. The van der Waals surface area contributed by atoms with E-state index >= 15 is 0 Å². The van der Waals surface area contributed by atoms with Crippen LogP contribution in [0, 0.1) is 23.7 Å². The molecule has 0 bridgehead atoms. The highest BCUT2D eigenvalue weighted by molar-refractivity contribution is 4.94. The van der Waals surface area contributed by atoms with Crippen molar-refractivity contribution in [1.82, 2.24) is 0 Å². The Kier molecular flexibility index (Phi) is 14.3. The number of hydrogen-bond donors (Lipinski definition) is 0. The summed E-state index contributed by atoms with van der Waals surface area (Å²) < 4.78 is 0. The maximum atomic E-state index is 3.46. The third-order valence-electron chi connectivity index (χ3n) is 5.29. The predicted molar refractivity (Wildman–Crippen MR) is 108 cm³/mol. The summed E-state index contributed by atoms with van der Waals surface area (Å²) in [5, 5.41) is 0. The van der Waals surface area contributed by atoms with E-state index in [1.807, 2.05) is 19.1 Å². The lowest BCUT2D eigenvalue weighted by molar-refractivity contribution is 0.0892. The molecule has 0 amide bonds. The Bertz CT molecular complexity index is 323. The first-order valence-corrected chi connectivity index (χ1v) is 9.95. The summed E-state index contributed by atoms with van der Waals surface area (Å²) in [6, 6.07) is 0. The van der Waals surface area contributed by atoms with Gasteiger partial charge in [0.15, 0.2) is 0 Å². The standard InChI is InChI=1S/C12H22.C6H12.C5H8/c1-9-6-7-12-10(2)4-3-5-11(12)8-9;1-3-5-6-4-2;1-3-5-4-2/h9-12H,3-8H2,1-2H3;3,5H,4,6H2,1-2H3;3-5H,1H2,2H3/b;5-3-;5-4+/t9?,10-,11?,12?;;/m0../s1. The van der Waals surface area contributed by atoms with Crippen LogP contribution in [0.25, 0.3) is 0 Å². The lowest BCUT2D eigenvalue weighted by Crippen LogP contribution is -2.31. The molecular weight excluding hydrogens is 276 g/mol. The average molecular weight is 319 g/mol. The van der Waals surface area contributed by atoms with Gasteiger partial charge in [0.05, 0.1) is 0 Å². The van der Waals surface area contributed by atoms with Gasteiger partial charge in [-0.05, 0) is 56.8 Å². The van der Waals surface area contributed by atoms with E-state index in [0.717, 1.165) is 23.7 Å². The molecule has 2 fully saturated rings. The number of allylic oxidation sites excluding steroid dienone is 5. The van der Waals surface area contributed by atoms with Crippen LogP contribution in [0.4, 0.5) is 0 Å². The maximum absolute atomic E-state index is 3.46. The molecule has 0 saturated heterocycles. The zero-order chi connectivity index (χ0) is 17.5. The summed E-state index contributed by atoms with van der Waals surface area (Å²) in [6.07, 6.45) is 21.5. The van der Waals surface area contributed by atoms with E-state index in [2.05, 4.69) is 46.4 Å². The molecule has 0 radical (unpaired) electrons. The quantitative estimate of drug-likeness (QED) is 0.365. The predicted octanol–water partition coefficient (Wildman–Crippen LogP) is 7.97. The summed E-state index contributed by atoms with van der Waals surface area (Å²) in [5.41, 5.74) is 0. The average Bonchev–Trinajstić information content (AvgIpc) is 2.55. The third kappa shape index (κ3) is 10.6. The van der Waals surface area contributed by atoms with E-state index in [1.165, 1.54) is 44.9 Å². The fourth-order valence-electron chi connectivity index (χ4n) is 3.99. The van der Waals surface area contributed by atoms with Crippen molar-refractivity contribution in [2.24, 2.45) is 23.7 Å². The lowest BCUT2D eigenvalue weighted by Gasteiger charge is -2.42. The van der Waals surface area contributed by atoms with Crippen molar-refractivity contribution in [3.63, 3.8) is 0 Å². The highest BCUT2D eigenvalue weighted by Gasteiger charge is 2.34. The largest absolute Gasteiger partial charge is 0.0991 e. The Balaban J connectivity index is 0.000000374. The van der Waals surface area contributed by atoms with Gasteiger partial charge < -0.3 is 0 Å². The molecule has 0 N–H and O–H groups in total. The molecule has 23 heavy (non-hydrogen) atoms. The topological polar surface area (TPSA) is 0 Å². The number of rotatable bonds is 3. The minimum absolute atomic E-state index is 1.02. The van der Waals surface area contributed by atoms with Gasteiger partial charge in [0.2, 0.25) is 0 Å². The first kappa shape index (κ1) is 22.2. The van der Waals surface area contributed by atoms with Crippen LogP contribution in [-0.2, 0) is 0 Å². The fraction of sp³-hybridized carbons (Fsp3) is 0.739. The molecule has 0 heteroatoms. The van der Waals surface area contributed by atoms with Crippen molar-refractivity contribution < 1.29 is 0 Å². The van der Waals surface area contributed by atoms with Crippen molar-refractivity contribution in [2.45, 2.75) is 86.0 Å². The highest BCUT2D eigenvalue weighted by atomic mass is 14.4. The van der Waals surface area contributed by atoms with Crippen molar-refractivity contribution in [2.75, 3.05) is 0 Å². The van der Waals surface area contributed by atoms with E-state index in [-0.39, 0.29) is 0 Å². The van der Waals surface area contributed by atoms with Crippen LogP contribution in [0.3, 0.4) is 0 Å². The van der Waals surface area contributed by atoms with E-state index < -0.39 is 0 Å². The van der Waals surface area contributed by atoms with Crippen molar-refractivity contribution in [3.05, 3.63) is 37.0 Å². The smallest absolute Gasteiger partial charge is 0.0353 e. The summed E-state index contributed by atoms with van der Waals surface area (Å²) >= 11 is 0. The van der Waals surface area contributed by atoms with E-state index in [1.54, 1.807) is 12.5 Å². The first-order valence-electron chi connectivity index (χ1n) is 9.95. The van der Waals surface area contributed by atoms with Crippen LogP contribution in [-0.4, -0.2) is 0 Å². The normalized spacial score (nSPS) is 30.0. The third-order valence-corrected chi connectivity index (χ3v) is 5.29. The molecule has 2 aliphatic carbocycles. The zero-order valence-corrected chi connectivity index (χ0v) is 16.6. The Morgan fingerprint density at radius 1 is 1.00 bits per heavy atom. The van der Waals surface area contributed by atoms with E-state index in [9.17, 15) is 0 Å². The minimum Gasteiger partial charge on any atom is -0.0991 e. The molecule has 2 rings (SSSR count). The molecule has 3 unspecified atom stereocenters. The van der Waals surface area contributed by atoms with Gasteiger partial charge in [-0.2, -0.15) is 0 Å². The number of unbranched alkanes of at least 4 members (excludes halogenated alkanes) is 1. The van der Waals surface area contributed by atoms with Crippen molar-refractivity contribution >= 4 is 0 Å². The van der Waals surface area contributed by atoms with Crippen molar-refractivity contribution in [1.29, 1.82) is 0 Å². The van der Waals surface area contributed by atoms with Crippen LogP contribution in [0.5, 0.6) is 0 Å². The second kappa shape index (κ2) is 14.8. The lowest BCUT2D eigenvalue weighted by atomic mass is 9.64. The van der Waals surface area contributed by atoms with Gasteiger partial charge in [0.1, 0.15) is 0 Å². The molecule has 0 aromatic rings. The second-order valence-electron chi connectivity index (χ2n) is 7.37. The highest BCUT2D eigenvalue weighted by Crippen LogP contribution is 2.45. The zero-order valence-electron chi connectivity index (χ0n) is 16.6. The van der Waals surface area contributed by atoms with Gasteiger partial charge >= 0.3 is 0 Å². The molecular formula is C23H42. The van der Waals surface area contributed by atoms with Crippen molar-refractivity contribution in [3.8, 4) is 0 Å². The Hall–Kier alpha value is -0.780. The van der Waals surface area contributed by atoms with Crippen LogP contribution < -0.4 is 0 Å². The van der Waals surface area contributed by atoms with Crippen LogP contribution in [0.15, 0.2) is 37.0 Å². The monoisotopic (exact) mass is 318 g/mol. The molecule has 0 heterocycles. The minimum atomic E-state index is 1.02.